The van der Waals surface area contributed by atoms with E-state index < -0.39 is 0 Å². The maximum atomic E-state index is 5.56. The Balaban J connectivity index is 2.16. The molecule has 4 heteroatoms. The Labute approximate surface area is 122 Å². The number of aromatic nitrogens is 1. The second-order valence-corrected chi connectivity index (χ2v) is 5.12. The molecule has 0 aliphatic carbocycles. The van der Waals surface area contributed by atoms with Crippen LogP contribution in [0.3, 0.4) is 0 Å². The highest BCUT2D eigenvalue weighted by atomic mass is 79.9. The lowest BCUT2D eigenvalue weighted by atomic mass is 10.1. The summed E-state index contributed by atoms with van der Waals surface area (Å²) in [6.45, 7) is 4.70. The van der Waals surface area contributed by atoms with Crippen LogP contribution in [0.1, 0.15) is 25.5 Å². The number of ether oxygens (including phenoxy) is 1. The van der Waals surface area contributed by atoms with Crippen molar-refractivity contribution in [1.82, 2.24) is 4.98 Å². The fraction of sp³-hybridized carbons (Fsp3) is 0.267. The van der Waals surface area contributed by atoms with Gasteiger partial charge in [0.05, 0.1) is 12.6 Å². The molecule has 2 aromatic rings. The van der Waals surface area contributed by atoms with E-state index in [1.807, 2.05) is 31.2 Å². The van der Waals surface area contributed by atoms with Crippen LogP contribution < -0.4 is 10.1 Å². The third kappa shape index (κ3) is 3.70. The average Bonchev–Trinajstić information content (AvgIpc) is 2.41. The summed E-state index contributed by atoms with van der Waals surface area (Å²) in [7, 11) is 0. The third-order valence-electron chi connectivity index (χ3n) is 2.77. The van der Waals surface area contributed by atoms with Crippen molar-refractivity contribution in [1.29, 1.82) is 0 Å². The Hall–Kier alpha value is -1.55. The molecule has 0 radical (unpaired) electrons. The fourth-order valence-corrected chi connectivity index (χ4v) is 2.25. The first kappa shape index (κ1) is 13.9. The minimum Gasteiger partial charge on any atom is -0.490 e. The molecule has 1 aromatic heterocycles. The highest BCUT2D eigenvalue weighted by Gasteiger charge is 2.10. The van der Waals surface area contributed by atoms with E-state index in [1.54, 1.807) is 6.20 Å². The van der Waals surface area contributed by atoms with E-state index in [0.29, 0.717) is 6.61 Å². The molecule has 19 heavy (non-hydrogen) atoms. The van der Waals surface area contributed by atoms with Crippen molar-refractivity contribution in [2.24, 2.45) is 0 Å². The minimum absolute atomic E-state index is 0.159. The molecule has 0 aliphatic heterocycles. The number of nitrogens with one attached hydrogen (secondary N) is 1. The van der Waals surface area contributed by atoms with Crippen molar-refractivity contribution < 1.29 is 4.74 Å². The molecule has 1 atom stereocenters. The zero-order chi connectivity index (χ0) is 13.7. The van der Waals surface area contributed by atoms with Crippen molar-refractivity contribution in [2.45, 2.75) is 19.9 Å². The van der Waals surface area contributed by atoms with Gasteiger partial charge in [0.15, 0.2) is 11.6 Å². The topological polar surface area (TPSA) is 34.1 Å². The number of pyridine rings is 1. The molecule has 1 unspecified atom stereocenters. The summed E-state index contributed by atoms with van der Waals surface area (Å²) in [5.74, 6) is 1.56. The van der Waals surface area contributed by atoms with Crippen LogP contribution in [-0.4, -0.2) is 11.6 Å². The van der Waals surface area contributed by atoms with Gasteiger partial charge in [-0.2, -0.15) is 0 Å². The second-order valence-electron chi connectivity index (χ2n) is 4.20. The maximum Gasteiger partial charge on any atom is 0.169 e. The summed E-state index contributed by atoms with van der Waals surface area (Å²) in [6, 6.07) is 12.2. The summed E-state index contributed by atoms with van der Waals surface area (Å²) < 4.78 is 6.64. The fourth-order valence-electron chi connectivity index (χ4n) is 1.84. The van der Waals surface area contributed by atoms with Crippen molar-refractivity contribution in [2.75, 3.05) is 11.9 Å². The van der Waals surface area contributed by atoms with E-state index in [4.69, 9.17) is 4.74 Å². The smallest absolute Gasteiger partial charge is 0.169 e. The standard InChI is InChI=1S/C15H17BrN2O/c1-3-19-14-8-5-9-17-15(14)18-11(2)12-6-4-7-13(16)10-12/h4-11H,3H2,1-2H3,(H,17,18). The van der Waals surface area contributed by atoms with Gasteiger partial charge < -0.3 is 10.1 Å². The molecule has 3 nitrogen and oxygen atoms in total. The molecule has 2 rings (SSSR count). The van der Waals surface area contributed by atoms with Gasteiger partial charge in [0.2, 0.25) is 0 Å². The lowest BCUT2D eigenvalue weighted by Gasteiger charge is -2.17. The normalized spacial score (nSPS) is 11.9. The highest BCUT2D eigenvalue weighted by molar-refractivity contribution is 9.10. The lowest BCUT2D eigenvalue weighted by molar-refractivity contribution is 0.340. The third-order valence-corrected chi connectivity index (χ3v) is 3.27. The number of halogens is 1. The number of rotatable bonds is 5. The van der Waals surface area contributed by atoms with Crippen LogP contribution in [0.5, 0.6) is 5.75 Å². The van der Waals surface area contributed by atoms with Gasteiger partial charge in [-0.15, -0.1) is 0 Å². The van der Waals surface area contributed by atoms with Crippen LogP contribution >= 0.6 is 15.9 Å². The first-order valence-electron chi connectivity index (χ1n) is 6.30. The Bertz CT molecular complexity index is 545. The summed E-state index contributed by atoms with van der Waals surface area (Å²) in [5, 5.41) is 3.38. The number of hydrogen-bond donors (Lipinski definition) is 1. The Morgan fingerprint density at radius 2 is 2.16 bits per heavy atom. The van der Waals surface area contributed by atoms with Crippen molar-refractivity contribution >= 4 is 21.7 Å². The number of hydrogen-bond acceptors (Lipinski definition) is 3. The minimum atomic E-state index is 0.159. The molecule has 1 heterocycles. The molecule has 100 valence electrons. The first-order valence-corrected chi connectivity index (χ1v) is 7.10. The van der Waals surface area contributed by atoms with Crippen molar-refractivity contribution in [3.05, 3.63) is 52.6 Å². The molecule has 0 bridgehead atoms. The van der Waals surface area contributed by atoms with Gasteiger partial charge in [-0.25, -0.2) is 4.98 Å². The lowest BCUT2D eigenvalue weighted by Crippen LogP contribution is -2.09. The molecular weight excluding hydrogens is 304 g/mol. The number of nitrogens with zero attached hydrogens (tertiary/aromatic N) is 1. The van der Waals surface area contributed by atoms with Crippen LogP contribution in [0.2, 0.25) is 0 Å². The quantitative estimate of drug-likeness (QED) is 0.885. The van der Waals surface area contributed by atoms with Gasteiger partial charge in [0, 0.05) is 10.7 Å². The van der Waals surface area contributed by atoms with Gasteiger partial charge in [-0.05, 0) is 43.7 Å². The van der Waals surface area contributed by atoms with Crippen LogP contribution in [0.25, 0.3) is 0 Å². The molecular formula is C15H17BrN2O. The molecule has 0 spiro atoms. The Kier molecular flexibility index (Phi) is 4.80. The van der Waals surface area contributed by atoms with E-state index in [0.717, 1.165) is 16.0 Å². The number of anilines is 1. The highest BCUT2D eigenvalue weighted by Crippen LogP contribution is 2.26. The van der Waals surface area contributed by atoms with E-state index in [2.05, 4.69) is 45.3 Å². The summed E-state index contributed by atoms with van der Waals surface area (Å²) in [5.41, 5.74) is 1.20. The largest absolute Gasteiger partial charge is 0.490 e. The molecule has 1 N–H and O–H groups in total. The van der Waals surface area contributed by atoms with Crippen LogP contribution in [-0.2, 0) is 0 Å². The van der Waals surface area contributed by atoms with Crippen molar-refractivity contribution in [3.8, 4) is 5.75 Å². The molecule has 0 amide bonds. The van der Waals surface area contributed by atoms with Gasteiger partial charge in [-0.1, -0.05) is 28.1 Å². The Morgan fingerprint density at radius 1 is 1.32 bits per heavy atom. The van der Waals surface area contributed by atoms with Gasteiger partial charge in [0.1, 0.15) is 0 Å². The predicted octanol–water partition coefficient (Wildman–Crippen LogP) is 4.42. The molecule has 0 saturated carbocycles. The summed E-state index contributed by atoms with van der Waals surface area (Å²) in [6.07, 6.45) is 1.76. The van der Waals surface area contributed by atoms with E-state index in [1.165, 1.54) is 5.56 Å². The van der Waals surface area contributed by atoms with Crippen molar-refractivity contribution in [3.63, 3.8) is 0 Å². The predicted molar refractivity (Wildman–Crippen MR) is 81.6 cm³/mol. The van der Waals surface area contributed by atoms with E-state index in [9.17, 15) is 0 Å². The van der Waals surface area contributed by atoms with Gasteiger partial charge >= 0.3 is 0 Å². The van der Waals surface area contributed by atoms with Crippen LogP contribution in [0, 0.1) is 0 Å². The monoisotopic (exact) mass is 320 g/mol. The average molecular weight is 321 g/mol. The van der Waals surface area contributed by atoms with Crippen LogP contribution in [0.4, 0.5) is 5.82 Å². The van der Waals surface area contributed by atoms with Gasteiger partial charge in [-0.3, -0.25) is 0 Å². The van der Waals surface area contributed by atoms with E-state index in [-0.39, 0.29) is 6.04 Å². The van der Waals surface area contributed by atoms with Gasteiger partial charge in [0.25, 0.3) is 0 Å². The molecule has 0 aliphatic rings. The Morgan fingerprint density at radius 3 is 2.89 bits per heavy atom. The second kappa shape index (κ2) is 6.57. The molecule has 0 saturated heterocycles. The van der Waals surface area contributed by atoms with E-state index >= 15 is 0 Å². The summed E-state index contributed by atoms with van der Waals surface area (Å²) >= 11 is 3.49. The number of benzene rings is 1. The maximum absolute atomic E-state index is 5.56. The molecule has 1 aromatic carbocycles. The SMILES string of the molecule is CCOc1cccnc1NC(C)c1cccc(Br)c1. The summed E-state index contributed by atoms with van der Waals surface area (Å²) in [4.78, 5) is 4.34. The molecule has 0 fully saturated rings. The van der Waals surface area contributed by atoms with Crippen LogP contribution in [0.15, 0.2) is 47.1 Å². The zero-order valence-electron chi connectivity index (χ0n) is 11.1. The first-order chi connectivity index (χ1) is 9.20. The zero-order valence-corrected chi connectivity index (χ0v) is 12.6.